The molecule has 1 atom stereocenters. The highest BCUT2D eigenvalue weighted by atomic mass is 16.2. The van der Waals surface area contributed by atoms with E-state index in [1.807, 2.05) is 49.5 Å². The summed E-state index contributed by atoms with van der Waals surface area (Å²) < 4.78 is 0. The number of carbonyl (C=O) groups is 2. The third kappa shape index (κ3) is 5.67. The van der Waals surface area contributed by atoms with E-state index in [9.17, 15) is 9.59 Å². The van der Waals surface area contributed by atoms with Gasteiger partial charge in [0.25, 0.3) is 5.91 Å². The van der Waals surface area contributed by atoms with Crippen LogP contribution in [0.15, 0.2) is 48.5 Å². The quantitative estimate of drug-likeness (QED) is 0.803. The Hall–Kier alpha value is -2.66. The third-order valence-electron chi connectivity index (χ3n) is 5.40. The summed E-state index contributed by atoms with van der Waals surface area (Å²) in [5.41, 5.74) is 3.21. The molecular weight excluding hydrogens is 362 g/mol. The normalized spacial score (nSPS) is 17.6. The summed E-state index contributed by atoms with van der Waals surface area (Å²) in [5, 5.41) is 5.91. The highest BCUT2D eigenvalue weighted by Crippen LogP contribution is 2.23. The van der Waals surface area contributed by atoms with Crippen molar-refractivity contribution in [1.82, 2.24) is 4.90 Å². The molecule has 1 aliphatic rings. The maximum absolute atomic E-state index is 12.6. The number of likely N-dealkylation sites (tertiary alicyclic amines) is 1. The zero-order chi connectivity index (χ0) is 21.0. The van der Waals surface area contributed by atoms with E-state index in [-0.39, 0.29) is 23.1 Å². The fourth-order valence-corrected chi connectivity index (χ4v) is 3.62. The van der Waals surface area contributed by atoms with Crippen LogP contribution in [0.3, 0.4) is 0 Å². The van der Waals surface area contributed by atoms with Crippen LogP contribution in [0.2, 0.25) is 0 Å². The fraction of sp³-hybridized carbons (Fsp3) is 0.417. The zero-order valence-corrected chi connectivity index (χ0v) is 17.8. The lowest BCUT2D eigenvalue weighted by atomic mass is 9.87. The molecular formula is C24H31N3O2. The van der Waals surface area contributed by atoms with Crippen molar-refractivity contribution < 1.29 is 9.59 Å². The van der Waals surface area contributed by atoms with Crippen molar-refractivity contribution in [1.29, 1.82) is 0 Å². The molecule has 29 heavy (non-hydrogen) atoms. The van der Waals surface area contributed by atoms with Crippen LogP contribution >= 0.6 is 0 Å². The Morgan fingerprint density at radius 2 is 1.66 bits per heavy atom. The van der Waals surface area contributed by atoms with E-state index in [2.05, 4.69) is 36.3 Å². The second kappa shape index (κ2) is 8.78. The predicted octanol–water partition coefficient (Wildman–Crippen LogP) is 4.52. The van der Waals surface area contributed by atoms with Gasteiger partial charge in [-0.2, -0.15) is 0 Å². The number of nitrogens with zero attached hydrogens (tertiary/aromatic N) is 1. The first-order valence-corrected chi connectivity index (χ1v) is 10.2. The first-order valence-electron chi connectivity index (χ1n) is 10.2. The van der Waals surface area contributed by atoms with E-state index in [1.165, 1.54) is 5.56 Å². The Balaban J connectivity index is 1.63. The van der Waals surface area contributed by atoms with Crippen LogP contribution in [0.25, 0.3) is 0 Å². The van der Waals surface area contributed by atoms with Gasteiger partial charge in [-0.05, 0) is 67.7 Å². The molecule has 0 aromatic heterocycles. The van der Waals surface area contributed by atoms with Gasteiger partial charge in [-0.1, -0.05) is 39.0 Å². The molecule has 0 aliphatic carbocycles. The monoisotopic (exact) mass is 393 g/mol. The van der Waals surface area contributed by atoms with Crippen LogP contribution in [-0.4, -0.2) is 36.9 Å². The van der Waals surface area contributed by atoms with Gasteiger partial charge in [-0.15, -0.1) is 0 Å². The Morgan fingerprint density at radius 1 is 1.00 bits per heavy atom. The van der Waals surface area contributed by atoms with Crippen molar-refractivity contribution >= 4 is 23.2 Å². The molecule has 1 saturated heterocycles. The van der Waals surface area contributed by atoms with Gasteiger partial charge in [0.1, 0.15) is 0 Å². The standard InChI is InChI=1S/C24H31N3O2/c1-24(2,3)19-12-10-17(11-13-19)22(28)25-20-8-5-9-21(15-20)26-23(29)18-7-6-14-27(4)16-18/h5,8-13,15,18H,6-7,14,16H2,1-4H3,(H,25,28)(H,26,29)/t18-/m1/s1. The maximum atomic E-state index is 12.6. The van der Waals surface area contributed by atoms with Crippen molar-refractivity contribution in [3.63, 3.8) is 0 Å². The molecule has 2 aromatic carbocycles. The van der Waals surface area contributed by atoms with Gasteiger partial charge < -0.3 is 15.5 Å². The number of nitrogens with one attached hydrogen (secondary N) is 2. The highest BCUT2D eigenvalue weighted by Gasteiger charge is 2.24. The molecule has 1 heterocycles. The molecule has 0 spiro atoms. The summed E-state index contributed by atoms with van der Waals surface area (Å²) in [5.74, 6) is -0.117. The van der Waals surface area contributed by atoms with Gasteiger partial charge >= 0.3 is 0 Å². The molecule has 5 nitrogen and oxygen atoms in total. The number of carbonyl (C=O) groups excluding carboxylic acids is 2. The van der Waals surface area contributed by atoms with Crippen molar-refractivity contribution in [2.45, 2.75) is 39.0 Å². The number of anilines is 2. The molecule has 0 radical (unpaired) electrons. The van der Waals surface area contributed by atoms with Crippen LogP contribution < -0.4 is 10.6 Å². The molecule has 0 unspecified atom stereocenters. The minimum atomic E-state index is -0.164. The van der Waals surface area contributed by atoms with Crippen molar-refractivity contribution in [2.75, 3.05) is 30.8 Å². The molecule has 2 aromatic rings. The first kappa shape index (κ1) is 21.1. The Labute approximate surface area is 173 Å². The van der Waals surface area contributed by atoms with E-state index < -0.39 is 0 Å². The molecule has 2 amide bonds. The Bertz CT molecular complexity index is 868. The highest BCUT2D eigenvalue weighted by molar-refractivity contribution is 6.04. The molecule has 5 heteroatoms. The maximum Gasteiger partial charge on any atom is 0.255 e. The van der Waals surface area contributed by atoms with Gasteiger partial charge in [0.2, 0.25) is 5.91 Å². The predicted molar refractivity (Wildman–Crippen MR) is 118 cm³/mol. The SMILES string of the molecule is CN1CCC[C@@H](C(=O)Nc2cccc(NC(=O)c3ccc(C(C)(C)C)cc3)c2)C1. The Morgan fingerprint density at radius 3 is 2.28 bits per heavy atom. The van der Waals surface area contributed by atoms with E-state index in [0.29, 0.717) is 16.9 Å². The van der Waals surface area contributed by atoms with E-state index >= 15 is 0 Å². The number of hydrogen-bond acceptors (Lipinski definition) is 3. The number of benzene rings is 2. The molecule has 3 rings (SSSR count). The summed E-state index contributed by atoms with van der Waals surface area (Å²) in [6.45, 7) is 8.27. The molecule has 1 fully saturated rings. The largest absolute Gasteiger partial charge is 0.326 e. The lowest BCUT2D eigenvalue weighted by Crippen LogP contribution is -2.38. The molecule has 154 valence electrons. The molecule has 0 bridgehead atoms. The number of hydrogen-bond donors (Lipinski definition) is 2. The lowest BCUT2D eigenvalue weighted by molar-refractivity contribution is -0.121. The summed E-state index contributed by atoms with van der Waals surface area (Å²) >= 11 is 0. The van der Waals surface area contributed by atoms with Gasteiger partial charge in [0.15, 0.2) is 0 Å². The summed E-state index contributed by atoms with van der Waals surface area (Å²) in [6, 6.07) is 15.0. The minimum Gasteiger partial charge on any atom is -0.326 e. The average molecular weight is 394 g/mol. The number of amides is 2. The Kier molecular flexibility index (Phi) is 6.38. The fourth-order valence-electron chi connectivity index (χ4n) is 3.62. The van der Waals surface area contributed by atoms with Gasteiger partial charge in [0.05, 0.1) is 5.92 Å². The van der Waals surface area contributed by atoms with Crippen LogP contribution in [0.5, 0.6) is 0 Å². The van der Waals surface area contributed by atoms with Crippen LogP contribution in [0.4, 0.5) is 11.4 Å². The summed E-state index contributed by atoms with van der Waals surface area (Å²) in [7, 11) is 2.05. The number of piperidine rings is 1. The van der Waals surface area contributed by atoms with Gasteiger partial charge in [-0.3, -0.25) is 9.59 Å². The van der Waals surface area contributed by atoms with Crippen molar-refractivity contribution in [2.24, 2.45) is 5.92 Å². The van der Waals surface area contributed by atoms with Gasteiger partial charge in [0, 0.05) is 23.5 Å². The van der Waals surface area contributed by atoms with E-state index in [4.69, 9.17) is 0 Å². The lowest BCUT2D eigenvalue weighted by Gasteiger charge is -2.28. The molecule has 1 aliphatic heterocycles. The average Bonchev–Trinajstić information content (AvgIpc) is 2.67. The molecule has 0 saturated carbocycles. The summed E-state index contributed by atoms with van der Waals surface area (Å²) in [4.78, 5) is 27.3. The number of rotatable bonds is 4. The van der Waals surface area contributed by atoms with E-state index in [0.717, 1.165) is 25.9 Å². The smallest absolute Gasteiger partial charge is 0.255 e. The van der Waals surface area contributed by atoms with Crippen LogP contribution in [0.1, 0.15) is 49.5 Å². The van der Waals surface area contributed by atoms with Crippen molar-refractivity contribution in [3.8, 4) is 0 Å². The van der Waals surface area contributed by atoms with Gasteiger partial charge in [-0.25, -0.2) is 0 Å². The second-order valence-corrected chi connectivity index (χ2v) is 8.95. The van der Waals surface area contributed by atoms with E-state index in [1.54, 1.807) is 6.07 Å². The molecule has 2 N–H and O–H groups in total. The van der Waals surface area contributed by atoms with Crippen molar-refractivity contribution in [3.05, 3.63) is 59.7 Å². The zero-order valence-electron chi connectivity index (χ0n) is 17.8. The topological polar surface area (TPSA) is 61.4 Å². The second-order valence-electron chi connectivity index (χ2n) is 8.95. The van der Waals surface area contributed by atoms with Crippen LogP contribution in [0, 0.1) is 5.92 Å². The van der Waals surface area contributed by atoms with Crippen LogP contribution in [-0.2, 0) is 10.2 Å². The summed E-state index contributed by atoms with van der Waals surface area (Å²) in [6.07, 6.45) is 1.95. The first-order chi connectivity index (χ1) is 13.7. The minimum absolute atomic E-state index is 0.00771. The third-order valence-corrected chi connectivity index (χ3v) is 5.40.